The molecule has 4 heteroatoms. The molecule has 0 saturated carbocycles. The maximum atomic E-state index is 12.0. The zero-order chi connectivity index (χ0) is 12.3. The molecule has 1 N–H and O–H groups in total. The van der Waals surface area contributed by atoms with Crippen LogP contribution >= 0.6 is 11.6 Å². The summed E-state index contributed by atoms with van der Waals surface area (Å²) in [5.41, 5.74) is 1.30. The average Bonchev–Trinajstić information content (AvgIpc) is 2.35. The maximum absolute atomic E-state index is 12.0. The Bertz CT molecular complexity index is 534. The van der Waals surface area contributed by atoms with Crippen LogP contribution in [0, 0.1) is 0 Å². The van der Waals surface area contributed by atoms with Crippen LogP contribution in [0.25, 0.3) is 10.9 Å². The standard InChI is InChI=1S/C13H13ClN2O/c1-9(14)8-16-13(17)11-6-2-4-10-5-3-7-15-12(10)11/h2-7,9H,8H2,1H3,(H,16,17). The first kappa shape index (κ1) is 11.9. The Kier molecular flexibility index (Phi) is 3.59. The van der Waals surface area contributed by atoms with Crippen LogP contribution in [-0.2, 0) is 0 Å². The molecule has 1 heterocycles. The lowest BCUT2D eigenvalue weighted by molar-refractivity contribution is 0.0955. The molecule has 0 aliphatic carbocycles. The topological polar surface area (TPSA) is 42.0 Å². The fourth-order valence-electron chi connectivity index (χ4n) is 1.62. The molecule has 0 saturated heterocycles. The van der Waals surface area contributed by atoms with Crippen molar-refractivity contribution in [2.24, 2.45) is 0 Å². The number of rotatable bonds is 3. The van der Waals surface area contributed by atoms with Gasteiger partial charge in [0.1, 0.15) is 0 Å². The molecule has 2 rings (SSSR count). The number of carbonyl (C=O) groups is 1. The van der Waals surface area contributed by atoms with Crippen molar-refractivity contribution in [3.63, 3.8) is 0 Å². The normalized spacial score (nSPS) is 12.4. The zero-order valence-electron chi connectivity index (χ0n) is 9.48. The van der Waals surface area contributed by atoms with Gasteiger partial charge in [-0.25, -0.2) is 0 Å². The van der Waals surface area contributed by atoms with Gasteiger partial charge in [0.15, 0.2) is 0 Å². The molecule has 1 amide bonds. The van der Waals surface area contributed by atoms with Crippen molar-refractivity contribution in [3.05, 3.63) is 42.1 Å². The summed E-state index contributed by atoms with van der Waals surface area (Å²) in [6, 6.07) is 9.34. The molecule has 0 radical (unpaired) electrons. The number of para-hydroxylation sites is 1. The van der Waals surface area contributed by atoms with Gasteiger partial charge in [-0.15, -0.1) is 11.6 Å². The summed E-state index contributed by atoms with van der Waals surface area (Å²) in [4.78, 5) is 16.2. The van der Waals surface area contributed by atoms with Crippen LogP contribution in [0.2, 0.25) is 0 Å². The lowest BCUT2D eigenvalue weighted by atomic mass is 10.1. The number of fused-ring (bicyclic) bond motifs is 1. The van der Waals surface area contributed by atoms with Gasteiger partial charge in [0.25, 0.3) is 5.91 Å². The van der Waals surface area contributed by atoms with Gasteiger partial charge in [-0.05, 0) is 19.1 Å². The van der Waals surface area contributed by atoms with E-state index in [0.717, 1.165) is 10.9 Å². The molecular formula is C13H13ClN2O. The summed E-state index contributed by atoms with van der Waals surface area (Å²) in [7, 11) is 0. The minimum absolute atomic E-state index is 0.0816. The van der Waals surface area contributed by atoms with E-state index in [0.29, 0.717) is 12.1 Å². The van der Waals surface area contributed by atoms with E-state index in [1.807, 2.05) is 31.2 Å². The average molecular weight is 249 g/mol. The third-order valence-corrected chi connectivity index (χ3v) is 2.58. The van der Waals surface area contributed by atoms with Crippen molar-refractivity contribution in [2.45, 2.75) is 12.3 Å². The highest BCUT2D eigenvalue weighted by molar-refractivity contribution is 6.20. The van der Waals surface area contributed by atoms with Crippen molar-refractivity contribution in [1.29, 1.82) is 0 Å². The fraction of sp³-hybridized carbons (Fsp3) is 0.231. The maximum Gasteiger partial charge on any atom is 0.253 e. The van der Waals surface area contributed by atoms with Crippen LogP contribution in [0.15, 0.2) is 36.5 Å². The van der Waals surface area contributed by atoms with E-state index >= 15 is 0 Å². The van der Waals surface area contributed by atoms with Crippen molar-refractivity contribution < 1.29 is 4.79 Å². The highest BCUT2D eigenvalue weighted by Crippen LogP contribution is 2.15. The van der Waals surface area contributed by atoms with Gasteiger partial charge in [-0.2, -0.15) is 0 Å². The first-order chi connectivity index (χ1) is 8.18. The second-order valence-electron chi connectivity index (χ2n) is 3.87. The molecule has 17 heavy (non-hydrogen) atoms. The van der Waals surface area contributed by atoms with Crippen LogP contribution in [0.1, 0.15) is 17.3 Å². The minimum Gasteiger partial charge on any atom is -0.350 e. The Morgan fingerprint density at radius 2 is 2.18 bits per heavy atom. The van der Waals surface area contributed by atoms with Gasteiger partial charge in [0.05, 0.1) is 11.1 Å². The van der Waals surface area contributed by atoms with Crippen LogP contribution in [0.4, 0.5) is 0 Å². The number of pyridine rings is 1. The van der Waals surface area contributed by atoms with E-state index in [-0.39, 0.29) is 11.3 Å². The molecule has 1 aromatic heterocycles. The summed E-state index contributed by atoms with van der Waals surface area (Å²) in [6.45, 7) is 2.28. The predicted octanol–water partition coefficient (Wildman–Crippen LogP) is 2.59. The van der Waals surface area contributed by atoms with Crippen molar-refractivity contribution >= 4 is 28.4 Å². The van der Waals surface area contributed by atoms with Crippen LogP contribution in [0.3, 0.4) is 0 Å². The molecule has 0 aliphatic heterocycles. The number of aromatic nitrogens is 1. The Morgan fingerprint density at radius 3 is 2.94 bits per heavy atom. The highest BCUT2D eigenvalue weighted by Gasteiger charge is 2.10. The predicted molar refractivity (Wildman–Crippen MR) is 69.4 cm³/mol. The largest absolute Gasteiger partial charge is 0.350 e. The van der Waals surface area contributed by atoms with Gasteiger partial charge in [0, 0.05) is 23.5 Å². The number of nitrogens with zero attached hydrogens (tertiary/aromatic N) is 1. The molecule has 1 aromatic carbocycles. The lowest BCUT2D eigenvalue weighted by Gasteiger charge is -2.08. The van der Waals surface area contributed by atoms with Crippen LogP contribution in [0.5, 0.6) is 0 Å². The minimum atomic E-state index is -0.137. The van der Waals surface area contributed by atoms with E-state index in [9.17, 15) is 4.79 Å². The molecule has 88 valence electrons. The van der Waals surface area contributed by atoms with E-state index in [4.69, 9.17) is 11.6 Å². The molecule has 0 aliphatic rings. The van der Waals surface area contributed by atoms with Gasteiger partial charge in [-0.1, -0.05) is 18.2 Å². The van der Waals surface area contributed by atoms with Gasteiger partial charge < -0.3 is 5.32 Å². The molecule has 2 aromatic rings. The second-order valence-corrected chi connectivity index (χ2v) is 4.62. The lowest BCUT2D eigenvalue weighted by Crippen LogP contribution is -2.28. The number of benzene rings is 1. The van der Waals surface area contributed by atoms with Gasteiger partial charge in [0.2, 0.25) is 0 Å². The van der Waals surface area contributed by atoms with Crippen LogP contribution < -0.4 is 5.32 Å². The van der Waals surface area contributed by atoms with Gasteiger partial charge >= 0.3 is 0 Å². The summed E-state index contributed by atoms with van der Waals surface area (Å²) in [5, 5.41) is 3.66. The van der Waals surface area contributed by atoms with Gasteiger partial charge in [-0.3, -0.25) is 9.78 Å². The zero-order valence-corrected chi connectivity index (χ0v) is 10.2. The summed E-state index contributed by atoms with van der Waals surface area (Å²) < 4.78 is 0. The summed E-state index contributed by atoms with van der Waals surface area (Å²) in [6.07, 6.45) is 1.68. The number of hydrogen-bond donors (Lipinski definition) is 1. The van der Waals surface area contributed by atoms with Crippen molar-refractivity contribution in [2.75, 3.05) is 6.54 Å². The summed E-state index contributed by atoms with van der Waals surface area (Å²) >= 11 is 5.80. The van der Waals surface area contributed by atoms with Crippen molar-refractivity contribution in [3.8, 4) is 0 Å². The Hall–Kier alpha value is -1.61. The first-order valence-corrected chi connectivity index (χ1v) is 5.88. The molecular weight excluding hydrogens is 236 g/mol. The third-order valence-electron chi connectivity index (χ3n) is 2.42. The number of nitrogens with one attached hydrogen (secondary N) is 1. The van der Waals surface area contributed by atoms with Crippen LogP contribution in [-0.4, -0.2) is 22.8 Å². The first-order valence-electron chi connectivity index (χ1n) is 5.44. The third kappa shape index (κ3) is 2.74. The van der Waals surface area contributed by atoms with E-state index in [1.54, 1.807) is 12.3 Å². The number of halogens is 1. The van der Waals surface area contributed by atoms with E-state index < -0.39 is 0 Å². The highest BCUT2D eigenvalue weighted by atomic mass is 35.5. The Labute approximate surface area is 105 Å². The number of amides is 1. The van der Waals surface area contributed by atoms with E-state index in [1.165, 1.54) is 0 Å². The smallest absolute Gasteiger partial charge is 0.253 e. The number of alkyl halides is 1. The molecule has 3 nitrogen and oxygen atoms in total. The Balaban J connectivity index is 2.32. The molecule has 0 bridgehead atoms. The number of carbonyl (C=O) groups excluding carboxylic acids is 1. The quantitative estimate of drug-likeness (QED) is 0.849. The fourth-order valence-corrected chi connectivity index (χ4v) is 1.69. The molecule has 0 fully saturated rings. The second kappa shape index (κ2) is 5.15. The molecule has 0 spiro atoms. The summed E-state index contributed by atoms with van der Waals surface area (Å²) in [5.74, 6) is -0.137. The molecule has 1 atom stereocenters. The van der Waals surface area contributed by atoms with Crippen molar-refractivity contribution in [1.82, 2.24) is 10.3 Å². The number of hydrogen-bond acceptors (Lipinski definition) is 2. The SMILES string of the molecule is CC(Cl)CNC(=O)c1cccc2cccnc12. The monoisotopic (exact) mass is 248 g/mol. The Morgan fingerprint density at radius 1 is 1.41 bits per heavy atom. The van der Waals surface area contributed by atoms with E-state index in [2.05, 4.69) is 10.3 Å². The molecule has 1 unspecified atom stereocenters.